The number of allylic oxidation sites excluding steroid dienone is 1. The summed E-state index contributed by atoms with van der Waals surface area (Å²) in [4.78, 5) is 2.48. The Hall–Kier alpha value is -2.19. The molecular formula is C31H38BrN3O3. The fourth-order valence-corrected chi connectivity index (χ4v) is 7.30. The van der Waals surface area contributed by atoms with Crippen LogP contribution in [0, 0.1) is 5.92 Å². The van der Waals surface area contributed by atoms with E-state index in [0.29, 0.717) is 5.92 Å². The monoisotopic (exact) mass is 579 g/mol. The number of hydrogen-bond donors (Lipinski definition) is 0. The molecule has 6 nitrogen and oxygen atoms in total. The van der Waals surface area contributed by atoms with E-state index in [1.54, 1.807) is 14.2 Å². The third-order valence-corrected chi connectivity index (χ3v) is 9.39. The van der Waals surface area contributed by atoms with E-state index >= 15 is 0 Å². The van der Waals surface area contributed by atoms with Gasteiger partial charge in [0.1, 0.15) is 0 Å². The number of hydrogen-bond acceptors (Lipinski definition) is 5. The van der Waals surface area contributed by atoms with E-state index in [9.17, 15) is 0 Å². The number of piperidine rings is 1. The van der Waals surface area contributed by atoms with Gasteiger partial charge in [0.25, 0.3) is 0 Å². The van der Waals surface area contributed by atoms with Gasteiger partial charge in [-0.3, -0.25) is 0 Å². The molecule has 1 aromatic heterocycles. The molecule has 1 atom stereocenters. The summed E-state index contributed by atoms with van der Waals surface area (Å²) in [7, 11) is 3.47. The molecule has 1 unspecified atom stereocenters. The highest BCUT2D eigenvalue weighted by molar-refractivity contribution is 9.11. The third-order valence-electron chi connectivity index (χ3n) is 8.59. The fourth-order valence-electron chi connectivity index (χ4n) is 6.58. The topological polar surface area (TPSA) is 48.8 Å². The second kappa shape index (κ2) is 11.5. The van der Waals surface area contributed by atoms with Crippen LogP contribution < -0.4 is 4.90 Å². The quantitative estimate of drug-likeness (QED) is 0.292. The summed E-state index contributed by atoms with van der Waals surface area (Å²) in [5.41, 5.74) is 7.79. The van der Waals surface area contributed by atoms with Gasteiger partial charge in [-0.2, -0.15) is 5.10 Å². The van der Waals surface area contributed by atoms with Crippen LogP contribution in [-0.2, 0) is 20.6 Å². The lowest BCUT2D eigenvalue weighted by atomic mass is 9.91. The molecule has 2 aliphatic heterocycles. The first-order chi connectivity index (χ1) is 18.7. The van der Waals surface area contributed by atoms with Gasteiger partial charge in [0.2, 0.25) is 0 Å². The maximum absolute atomic E-state index is 6.06. The zero-order valence-electron chi connectivity index (χ0n) is 22.5. The van der Waals surface area contributed by atoms with E-state index in [0.717, 1.165) is 64.6 Å². The minimum Gasteiger partial charge on any atom is -0.372 e. The average molecular weight is 581 g/mol. The van der Waals surface area contributed by atoms with E-state index in [2.05, 4.69) is 68.1 Å². The predicted molar refractivity (Wildman–Crippen MR) is 156 cm³/mol. The summed E-state index contributed by atoms with van der Waals surface area (Å²) in [6.07, 6.45) is 10.8. The Morgan fingerprint density at radius 2 is 1.74 bits per heavy atom. The van der Waals surface area contributed by atoms with Crippen LogP contribution in [0.15, 0.2) is 47.1 Å². The van der Waals surface area contributed by atoms with E-state index in [1.165, 1.54) is 49.8 Å². The normalized spacial score (nSPS) is 21.3. The molecule has 6 rings (SSSR count). The van der Waals surface area contributed by atoms with Crippen molar-refractivity contribution in [1.82, 2.24) is 9.78 Å². The predicted octanol–water partition coefficient (Wildman–Crippen LogP) is 7.06. The van der Waals surface area contributed by atoms with Gasteiger partial charge in [-0.05, 0) is 91.8 Å². The second-order valence-electron chi connectivity index (χ2n) is 10.8. The van der Waals surface area contributed by atoms with Gasteiger partial charge in [0.15, 0.2) is 12.5 Å². The van der Waals surface area contributed by atoms with Crippen molar-refractivity contribution in [3.63, 3.8) is 0 Å². The van der Waals surface area contributed by atoms with Crippen LogP contribution in [0.1, 0.15) is 67.9 Å². The smallest absolute Gasteiger partial charge is 0.159 e. The Balaban J connectivity index is 1.27. The lowest BCUT2D eigenvalue weighted by Crippen LogP contribution is -2.39. The molecule has 38 heavy (non-hydrogen) atoms. The Morgan fingerprint density at radius 3 is 2.45 bits per heavy atom. The van der Waals surface area contributed by atoms with Crippen LogP contribution >= 0.6 is 15.9 Å². The summed E-state index contributed by atoms with van der Waals surface area (Å²) in [5, 5.41) is 6.07. The fraction of sp³-hybridized carbons (Fsp3) is 0.516. The number of nitrogens with zero attached hydrogens (tertiary/aromatic N) is 3. The molecular weight excluding hydrogens is 542 g/mol. The number of aryl methyl sites for hydroxylation is 1. The molecule has 7 heteroatoms. The van der Waals surface area contributed by atoms with E-state index in [-0.39, 0.29) is 12.5 Å². The van der Waals surface area contributed by atoms with Crippen molar-refractivity contribution in [1.29, 1.82) is 0 Å². The molecule has 2 aromatic carbocycles. The van der Waals surface area contributed by atoms with Crippen molar-refractivity contribution in [2.45, 2.75) is 63.9 Å². The van der Waals surface area contributed by atoms with Crippen molar-refractivity contribution >= 4 is 38.1 Å². The number of rotatable bonds is 6. The first-order valence-corrected chi connectivity index (χ1v) is 14.9. The van der Waals surface area contributed by atoms with Crippen LogP contribution in [0.3, 0.4) is 0 Å². The van der Waals surface area contributed by atoms with E-state index in [4.69, 9.17) is 19.3 Å². The third kappa shape index (κ3) is 4.94. The first kappa shape index (κ1) is 26.1. The van der Waals surface area contributed by atoms with E-state index < -0.39 is 0 Å². The number of aromatic nitrogens is 2. The van der Waals surface area contributed by atoms with Crippen molar-refractivity contribution in [2.75, 3.05) is 38.8 Å². The van der Waals surface area contributed by atoms with Crippen LogP contribution in [0.2, 0.25) is 0 Å². The highest BCUT2D eigenvalue weighted by Gasteiger charge is 2.27. The number of benzene rings is 2. The Labute approximate surface area is 234 Å². The molecule has 0 saturated carbocycles. The van der Waals surface area contributed by atoms with Crippen LogP contribution in [0.4, 0.5) is 5.69 Å². The maximum Gasteiger partial charge on any atom is 0.159 e. The molecule has 202 valence electrons. The van der Waals surface area contributed by atoms with Crippen LogP contribution in [-0.4, -0.2) is 50.0 Å². The molecule has 2 fully saturated rings. The molecule has 2 saturated heterocycles. The number of ether oxygens (including phenoxy) is 3. The number of halogens is 1. The summed E-state index contributed by atoms with van der Waals surface area (Å²) in [6.45, 7) is 2.87. The van der Waals surface area contributed by atoms with Crippen molar-refractivity contribution in [3.8, 4) is 0 Å². The Kier molecular flexibility index (Phi) is 7.89. The Morgan fingerprint density at radius 1 is 0.947 bits per heavy atom. The average Bonchev–Trinajstić information content (AvgIpc) is 3.33. The molecule has 0 spiro atoms. The Bertz CT molecular complexity index is 1280. The molecule has 1 aliphatic carbocycles. The largest absolute Gasteiger partial charge is 0.372 e. The van der Waals surface area contributed by atoms with Gasteiger partial charge in [0.05, 0.1) is 11.7 Å². The standard InChI is InChI=1S/C31H38BrN3O3/c1-36-31(37-2)22-15-17-34(18-16-22)23-11-9-21(10-12-23)30-25-13-14-28-26(24(25)6-5-7-27(30)32)20-33-35(28)29-8-3-4-19-38-29/h9-14,20,22,29,31H,3-8,15-19H2,1-2H3. The van der Waals surface area contributed by atoms with Crippen molar-refractivity contribution < 1.29 is 14.2 Å². The maximum atomic E-state index is 6.06. The van der Waals surface area contributed by atoms with Gasteiger partial charge in [-0.1, -0.05) is 34.1 Å². The summed E-state index contributed by atoms with van der Waals surface area (Å²) < 4.78 is 20.5. The molecule has 0 bridgehead atoms. The van der Waals surface area contributed by atoms with Crippen LogP contribution in [0.25, 0.3) is 16.5 Å². The SMILES string of the molecule is COC(OC)C1CCN(c2ccc(C3=C(Br)CCCc4c3ccc3c4cnn3C3CCCCO3)cc2)CC1. The molecule has 3 aliphatic rings. The van der Waals surface area contributed by atoms with Gasteiger partial charge >= 0.3 is 0 Å². The molecule has 0 N–H and O–H groups in total. The molecule has 3 heterocycles. The number of fused-ring (bicyclic) bond motifs is 3. The number of anilines is 1. The van der Waals surface area contributed by atoms with Crippen molar-refractivity contribution in [2.24, 2.45) is 5.92 Å². The van der Waals surface area contributed by atoms with Gasteiger partial charge in [-0.25, -0.2) is 4.68 Å². The summed E-state index contributed by atoms with van der Waals surface area (Å²) in [6, 6.07) is 13.7. The zero-order valence-corrected chi connectivity index (χ0v) is 24.1. The van der Waals surface area contributed by atoms with Crippen LogP contribution in [0.5, 0.6) is 0 Å². The highest BCUT2D eigenvalue weighted by atomic mass is 79.9. The minimum atomic E-state index is -0.104. The van der Waals surface area contributed by atoms with Gasteiger partial charge in [-0.15, -0.1) is 0 Å². The van der Waals surface area contributed by atoms with Gasteiger partial charge < -0.3 is 19.1 Å². The first-order valence-electron chi connectivity index (χ1n) is 14.1. The van der Waals surface area contributed by atoms with Crippen molar-refractivity contribution in [3.05, 3.63) is 63.8 Å². The van der Waals surface area contributed by atoms with E-state index in [1.807, 2.05) is 0 Å². The second-order valence-corrected chi connectivity index (χ2v) is 11.7. The lowest BCUT2D eigenvalue weighted by Gasteiger charge is -2.36. The minimum absolute atomic E-state index is 0.0549. The molecule has 0 amide bonds. The molecule has 3 aromatic rings. The lowest BCUT2D eigenvalue weighted by molar-refractivity contribution is -0.141. The van der Waals surface area contributed by atoms with Gasteiger partial charge in [0, 0.05) is 55.4 Å². The zero-order chi connectivity index (χ0) is 26.1. The number of methoxy groups -OCH3 is 2. The summed E-state index contributed by atoms with van der Waals surface area (Å²) in [5.74, 6) is 0.454. The molecule has 0 radical (unpaired) electrons. The highest BCUT2D eigenvalue weighted by Crippen LogP contribution is 2.41. The summed E-state index contributed by atoms with van der Waals surface area (Å²) >= 11 is 3.98.